The second-order valence-electron chi connectivity index (χ2n) is 9.93. The Balaban J connectivity index is 1.59. The van der Waals surface area contributed by atoms with Gasteiger partial charge in [-0.15, -0.1) is 0 Å². The van der Waals surface area contributed by atoms with E-state index in [0.717, 1.165) is 0 Å². The van der Waals surface area contributed by atoms with Gasteiger partial charge < -0.3 is 18.6 Å². The Morgan fingerprint density at radius 3 is 2.53 bits per heavy atom. The summed E-state index contributed by atoms with van der Waals surface area (Å²) in [5, 5.41) is 0.262. The normalized spacial score (nSPS) is 14.9. The first kappa shape index (κ1) is 30.1. The molecule has 3 heterocycles. The summed E-state index contributed by atoms with van der Waals surface area (Å²) in [6, 6.07) is 14.9. The van der Waals surface area contributed by atoms with E-state index in [1.165, 1.54) is 23.0 Å². The fraction of sp³-hybridized carbons (Fsp3) is 0.250. The molecule has 0 radical (unpaired) electrons. The minimum Gasteiger partial charge on any atom is -0.494 e. The van der Waals surface area contributed by atoms with E-state index in [4.69, 9.17) is 30.2 Å². The van der Waals surface area contributed by atoms with Gasteiger partial charge in [0.05, 0.1) is 52.3 Å². The van der Waals surface area contributed by atoms with E-state index in [-0.39, 0.29) is 22.2 Å². The third kappa shape index (κ3) is 6.07. The average Bonchev–Trinajstić information content (AvgIpc) is 3.56. The van der Waals surface area contributed by atoms with E-state index >= 15 is 0 Å². The first-order valence-corrected chi connectivity index (χ1v) is 14.7. The number of nitrogens with zero attached hydrogens (tertiary/aromatic N) is 2. The standard InChI is InChI=1S/C32H29ClN2O7S/c1-6-40-21-10-7-19(8-11-21)28-27(31(38)41-17(2)3)18(4)34-32-35(28)29(36)26(43-32)16-22-12-14-25(42-22)20-9-13-24(33)23(15-20)30(37)39-5/h7-17,28H,6H2,1-5H3/b26-16+/t28-/m0/s1. The van der Waals surface area contributed by atoms with Gasteiger partial charge >= 0.3 is 11.9 Å². The fourth-order valence-electron chi connectivity index (χ4n) is 4.75. The first-order valence-electron chi connectivity index (χ1n) is 13.6. The summed E-state index contributed by atoms with van der Waals surface area (Å²) in [4.78, 5) is 44.4. The number of fused-ring (bicyclic) bond motifs is 1. The Hall–Kier alpha value is -4.41. The maximum Gasteiger partial charge on any atom is 0.339 e. The van der Waals surface area contributed by atoms with E-state index in [0.29, 0.717) is 55.6 Å². The number of rotatable bonds is 8. The number of ether oxygens (including phenoxy) is 3. The van der Waals surface area contributed by atoms with Gasteiger partial charge in [-0.3, -0.25) is 9.36 Å². The maximum absolute atomic E-state index is 13.9. The van der Waals surface area contributed by atoms with Crippen LogP contribution in [0.4, 0.5) is 0 Å². The van der Waals surface area contributed by atoms with Gasteiger partial charge in [0, 0.05) is 11.6 Å². The molecule has 2 aromatic heterocycles. The maximum atomic E-state index is 13.9. The average molecular weight is 621 g/mol. The number of benzene rings is 2. The number of thiazole rings is 1. The van der Waals surface area contributed by atoms with E-state index in [1.807, 2.05) is 31.2 Å². The van der Waals surface area contributed by atoms with Crippen LogP contribution in [0, 0.1) is 0 Å². The van der Waals surface area contributed by atoms with Crippen LogP contribution in [-0.2, 0) is 14.3 Å². The lowest BCUT2D eigenvalue weighted by molar-refractivity contribution is -0.143. The van der Waals surface area contributed by atoms with Crippen molar-refractivity contribution in [2.24, 2.45) is 4.99 Å². The van der Waals surface area contributed by atoms with E-state index in [2.05, 4.69) is 4.99 Å². The zero-order valence-corrected chi connectivity index (χ0v) is 25.7. The van der Waals surface area contributed by atoms with Gasteiger partial charge in [-0.25, -0.2) is 14.6 Å². The van der Waals surface area contributed by atoms with Gasteiger partial charge in [-0.1, -0.05) is 35.1 Å². The van der Waals surface area contributed by atoms with Gasteiger partial charge in [0.25, 0.3) is 5.56 Å². The molecule has 43 heavy (non-hydrogen) atoms. The molecular weight excluding hydrogens is 592 g/mol. The first-order chi connectivity index (χ1) is 20.6. The summed E-state index contributed by atoms with van der Waals surface area (Å²) in [5.41, 5.74) is 1.98. The summed E-state index contributed by atoms with van der Waals surface area (Å²) in [6.07, 6.45) is 1.28. The number of aromatic nitrogens is 1. The molecule has 1 aliphatic heterocycles. The molecule has 4 aromatic rings. The van der Waals surface area contributed by atoms with Crippen molar-refractivity contribution in [2.45, 2.75) is 39.8 Å². The van der Waals surface area contributed by atoms with Crippen LogP contribution >= 0.6 is 22.9 Å². The third-order valence-electron chi connectivity index (χ3n) is 6.65. The molecule has 9 nitrogen and oxygen atoms in total. The predicted octanol–water partition coefficient (Wildman–Crippen LogP) is 5.29. The molecule has 0 aliphatic carbocycles. The number of esters is 2. The van der Waals surface area contributed by atoms with Crippen LogP contribution in [0.25, 0.3) is 17.4 Å². The van der Waals surface area contributed by atoms with Crippen molar-refractivity contribution < 1.29 is 28.2 Å². The van der Waals surface area contributed by atoms with E-state index in [1.54, 1.807) is 57.2 Å². The SMILES string of the molecule is CCOc1ccc([C@H]2C(C(=O)OC(C)C)=C(C)N=c3s/c(=C/c4ccc(-c5ccc(Cl)c(C(=O)OC)c5)o4)c(=O)n32)cc1. The Morgan fingerprint density at radius 2 is 1.86 bits per heavy atom. The van der Waals surface area contributed by atoms with Gasteiger partial charge in [-0.05, 0) is 75.7 Å². The second-order valence-corrected chi connectivity index (χ2v) is 11.3. The molecule has 0 bridgehead atoms. The van der Waals surface area contributed by atoms with Crippen molar-refractivity contribution in [2.75, 3.05) is 13.7 Å². The highest BCUT2D eigenvalue weighted by Crippen LogP contribution is 2.32. The Morgan fingerprint density at radius 1 is 1.12 bits per heavy atom. The zero-order valence-electron chi connectivity index (χ0n) is 24.2. The third-order valence-corrected chi connectivity index (χ3v) is 7.96. The molecule has 0 unspecified atom stereocenters. The molecule has 222 valence electrons. The zero-order chi connectivity index (χ0) is 30.8. The van der Waals surface area contributed by atoms with Gasteiger partial charge in [0.1, 0.15) is 17.3 Å². The van der Waals surface area contributed by atoms with Crippen LogP contribution in [0.15, 0.2) is 80.1 Å². The number of halogens is 1. The Bertz CT molecular complexity index is 1920. The minimum atomic E-state index is -0.752. The highest BCUT2D eigenvalue weighted by molar-refractivity contribution is 7.07. The van der Waals surface area contributed by atoms with Crippen molar-refractivity contribution in [3.8, 4) is 17.1 Å². The van der Waals surface area contributed by atoms with Gasteiger partial charge in [0.2, 0.25) is 0 Å². The smallest absolute Gasteiger partial charge is 0.339 e. The molecule has 0 fully saturated rings. The Labute approximate surface area is 256 Å². The molecule has 5 rings (SSSR count). The molecule has 2 aromatic carbocycles. The Kier molecular flexibility index (Phi) is 8.70. The lowest BCUT2D eigenvalue weighted by Crippen LogP contribution is -2.40. The molecule has 0 spiro atoms. The largest absolute Gasteiger partial charge is 0.494 e. The van der Waals surface area contributed by atoms with Crippen molar-refractivity contribution in [3.63, 3.8) is 0 Å². The van der Waals surface area contributed by atoms with Crippen molar-refractivity contribution in [1.82, 2.24) is 4.57 Å². The fourth-order valence-corrected chi connectivity index (χ4v) is 5.97. The number of furan rings is 1. The van der Waals surface area contributed by atoms with E-state index < -0.39 is 18.0 Å². The molecule has 0 saturated heterocycles. The number of hydrogen-bond donors (Lipinski definition) is 0. The molecular formula is C32H29ClN2O7S. The van der Waals surface area contributed by atoms with Crippen molar-refractivity contribution in [3.05, 3.63) is 107 Å². The van der Waals surface area contributed by atoms with E-state index in [9.17, 15) is 14.4 Å². The number of hydrogen-bond acceptors (Lipinski definition) is 9. The molecule has 11 heteroatoms. The number of carbonyl (C=O) groups is 2. The monoisotopic (exact) mass is 620 g/mol. The van der Waals surface area contributed by atoms with Crippen LogP contribution in [0.1, 0.15) is 55.4 Å². The lowest BCUT2D eigenvalue weighted by atomic mass is 9.96. The van der Waals surface area contributed by atoms with Crippen LogP contribution in [0.3, 0.4) is 0 Å². The van der Waals surface area contributed by atoms with Crippen LogP contribution in [0.5, 0.6) is 5.75 Å². The molecule has 0 N–H and O–H groups in total. The molecule has 1 atom stereocenters. The topological polar surface area (TPSA) is 109 Å². The number of carbonyl (C=O) groups excluding carboxylic acids is 2. The molecule has 0 amide bonds. The van der Waals surface area contributed by atoms with Gasteiger partial charge in [-0.2, -0.15) is 0 Å². The van der Waals surface area contributed by atoms with Gasteiger partial charge in [0.15, 0.2) is 4.80 Å². The van der Waals surface area contributed by atoms with Crippen LogP contribution in [0.2, 0.25) is 5.02 Å². The number of allylic oxidation sites excluding steroid dienone is 1. The van der Waals surface area contributed by atoms with Crippen LogP contribution < -0.4 is 19.6 Å². The summed E-state index contributed by atoms with van der Waals surface area (Å²) in [5.74, 6) is 0.479. The minimum absolute atomic E-state index is 0.212. The lowest BCUT2D eigenvalue weighted by Gasteiger charge is -2.25. The summed E-state index contributed by atoms with van der Waals surface area (Å²) in [7, 11) is 1.28. The summed E-state index contributed by atoms with van der Waals surface area (Å²) >= 11 is 7.35. The summed E-state index contributed by atoms with van der Waals surface area (Å²) in [6.45, 7) is 7.69. The highest BCUT2D eigenvalue weighted by Gasteiger charge is 2.34. The molecule has 1 aliphatic rings. The number of methoxy groups -OCH3 is 1. The van der Waals surface area contributed by atoms with Crippen molar-refractivity contribution >= 4 is 41.0 Å². The molecule has 0 saturated carbocycles. The quantitative estimate of drug-likeness (QED) is 0.246. The highest BCUT2D eigenvalue weighted by atomic mass is 35.5. The van der Waals surface area contributed by atoms with Crippen LogP contribution in [-0.4, -0.2) is 36.3 Å². The second kappa shape index (κ2) is 12.4. The summed E-state index contributed by atoms with van der Waals surface area (Å²) < 4.78 is 23.9. The van der Waals surface area contributed by atoms with Crippen molar-refractivity contribution in [1.29, 1.82) is 0 Å². The predicted molar refractivity (Wildman–Crippen MR) is 163 cm³/mol.